The Balaban J connectivity index is 1.29. The van der Waals surface area contributed by atoms with Crippen molar-refractivity contribution >= 4 is 11.6 Å². The van der Waals surface area contributed by atoms with Gasteiger partial charge < -0.3 is 19.6 Å². The van der Waals surface area contributed by atoms with E-state index in [2.05, 4.69) is 9.80 Å². The molecule has 0 spiro atoms. The smallest absolute Gasteiger partial charge is 0.416 e. The number of carbonyl (C=O) groups excluding carboxylic acids is 1. The Morgan fingerprint density at radius 3 is 2.38 bits per heavy atom. The van der Waals surface area contributed by atoms with E-state index in [1.54, 1.807) is 16.7 Å². The summed E-state index contributed by atoms with van der Waals surface area (Å²) < 4.78 is 46.6. The van der Waals surface area contributed by atoms with Crippen molar-refractivity contribution in [3.05, 3.63) is 65.4 Å². The van der Waals surface area contributed by atoms with E-state index < -0.39 is 17.8 Å². The van der Waals surface area contributed by atoms with Crippen molar-refractivity contribution < 1.29 is 27.8 Å². The second-order valence-electron chi connectivity index (χ2n) is 10.3. The van der Waals surface area contributed by atoms with Crippen molar-refractivity contribution in [2.75, 3.05) is 51.3 Å². The van der Waals surface area contributed by atoms with Crippen LogP contribution in [-0.4, -0.2) is 83.1 Å². The molecule has 5 rings (SSSR count). The fourth-order valence-electron chi connectivity index (χ4n) is 5.58. The van der Waals surface area contributed by atoms with Crippen molar-refractivity contribution in [3.63, 3.8) is 0 Å². The highest BCUT2D eigenvalue weighted by molar-refractivity contribution is 5.74. The van der Waals surface area contributed by atoms with Gasteiger partial charge in [0.2, 0.25) is 5.91 Å². The van der Waals surface area contributed by atoms with Crippen molar-refractivity contribution in [1.82, 2.24) is 19.6 Å². The number of halogens is 3. The standard InChI is InChI=1S/C29H34F3N5O3/c1-20(38)36-12-11-25-24(19-36)28(21-7-9-22(10-8-21)29(30,31)32)33-37(25)18-23(39)17-34-13-15-35(16-14-34)26-5-3-4-6-27(26)40-2/h3-10,23,39H,11-19H2,1-2H3. The first kappa shape index (κ1) is 28.0. The van der Waals surface area contributed by atoms with E-state index >= 15 is 0 Å². The van der Waals surface area contributed by atoms with Gasteiger partial charge >= 0.3 is 6.18 Å². The first-order valence-corrected chi connectivity index (χ1v) is 13.4. The first-order valence-electron chi connectivity index (χ1n) is 13.4. The summed E-state index contributed by atoms with van der Waals surface area (Å²) in [7, 11) is 1.67. The number of methoxy groups -OCH3 is 1. The minimum Gasteiger partial charge on any atom is -0.495 e. The third-order valence-electron chi connectivity index (χ3n) is 7.72. The van der Waals surface area contributed by atoms with Gasteiger partial charge in [0, 0.05) is 76.0 Å². The van der Waals surface area contributed by atoms with Crippen LogP contribution in [-0.2, 0) is 30.5 Å². The van der Waals surface area contributed by atoms with Crippen LogP contribution in [0.1, 0.15) is 23.7 Å². The Kier molecular flexibility index (Phi) is 8.04. The number of aliphatic hydroxyl groups is 1. The SMILES string of the molecule is COc1ccccc1N1CCN(CC(O)Cn2nc(-c3ccc(C(F)(F)F)cc3)c3c2CCN(C(C)=O)C3)CC1. The molecule has 0 bridgehead atoms. The van der Waals surface area contributed by atoms with Crippen LogP contribution in [0.4, 0.5) is 18.9 Å². The van der Waals surface area contributed by atoms with E-state index in [4.69, 9.17) is 9.84 Å². The van der Waals surface area contributed by atoms with Gasteiger partial charge in [-0.05, 0) is 24.3 Å². The number of aromatic nitrogens is 2. The number of aliphatic hydroxyl groups excluding tert-OH is 1. The molecule has 2 aliphatic rings. The number of alkyl halides is 3. The molecule has 0 aliphatic carbocycles. The zero-order valence-electron chi connectivity index (χ0n) is 22.7. The maximum absolute atomic E-state index is 13.1. The van der Waals surface area contributed by atoms with Crippen LogP contribution in [0.25, 0.3) is 11.3 Å². The molecule has 0 radical (unpaired) electrons. The van der Waals surface area contributed by atoms with Crippen LogP contribution in [0.15, 0.2) is 48.5 Å². The molecule has 1 N–H and O–H groups in total. The summed E-state index contributed by atoms with van der Waals surface area (Å²) in [5.41, 5.74) is 3.16. The van der Waals surface area contributed by atoms with Crippen molar-refractivity contribution in [3.8, 4) is 17.0 Å². The number of hydrogen-bond acceptors (Lipinski definition) is 6. The number of nitrogens with zero attached hydrogens (tertiary/aromatic N) is 5. The molecule has 2 aliphatic heterocycles. The molecule has 2 aromatic carbocycles. The van der Waals surface area contributed by atoms with Gasteiger partial charge in [0.1, 0.15) is 5.75 Å². The lowest BCUT2D eigenvalue weighted by Crippen LogP contribution is -2.49. The molecule has 1 fully saturated rings. The van der Waals surface area contributed by atoms with Crippen LogP contribution < -0.4 is 9.64 Å². The Bertz CT molecular complexity index is 1330. The van der Waals surface area contributed by atoms with Crippen molar-refractivity contribution in [2.45, 2.75) is 38.7 Å². The molecule has 0 saturated carbocycles. The molecule has 1 amide bonds. The molecule has 11 heteroatoms. The summed E-state index contributed by atoms with van der Waals surface area (Å²) in [5, 5.41) is 15.8. The number of fused-ring (bicyclic) bond motifs is 1. The molecule has 3 heterocycles. The average molecular weight is 558 g/mol. The predicted octanol–water partition coefficient (Wildman–Crippen LogP) is 3.67. The van der Waals surface area contributed by atoms with Crippen molar-refractivity contribution in [1.29, 1.82) is 0 Å². The van der Waals surface area contributed by atoms with Crippen LogP contribution in [0.3, 0.4) is 0 Å². The van der Waals surface area contributed by atoms with Crippen LogP contribution in [0, 0.1) is 0 Å². The summed E-state index contributed by atoms with van der Waals surface area (Å²) in [4.78, 5) is 18.3. The molecule has 1 saturated heterocycles. The first-order chi connectivity index (χ1) is 19.1. The lowest BCUT2D eigenvalue weighted by Gasteiger charge is -2.37. The summed E-state index contributed by atoms with van der Waals surface area (Å²) in [5.74, 6) is 0.774. The quantitative estimate of drug-likeness (QED) is 0.478. The Morgan fingerprint density at radius 2 is 1.73 bits per heavy atom. The number of piperazine rings is 1. The molecule has 8 nitrogen and oxygen atoms in total. The van der Waals surface area contributed by atoms with E-state index in [1.165, 1.54) is 19.1 Å². The zero-order chi connectivity index (χ0) is 28.4. The molecule has 214 valence electrons. The van der Waals surface area contributed by atoms with Crippen LogP contribution in [0.5, 0.6) is 5.75 Å². The molecule has 1 atom stereocenters. The number of ether oxygens (including phenoxy) is 1. The minimum atomic E-state index is -4.43. The number of rotatable bonds is 7. The van der Waals surface area contributed by atoms with E-state index in [-0.39, 0.29) is 12.5 Å². The average Bonchev–Trinajstić information content (AvgIpc) is 3.30. The highest BCUT2D eigenvalue weighted by Crippen LogP contribution is 2.34. The number of amides is 1. The summed E-state index contributed by atoms with van der Waals surface area (Å²) in [6.45, 7) is 6.30. The number of benzene rings is 2. The normalized spacial score (nSPS) is 17.1. The number of hydrogen-bond donors (Lipinski definition) is 1. The minimum absolute atomic E-state index is 0.0657. The van der Waals surface area contributed by atoms with Gasteiger partial charge in [-0.15, -0.1) is 0 Å². The zero-order valence-corrected chi connectivity index (χ0v) is 22.7. The van der Waals surface area contributed by atoms with E-state index in [0.717, 1.165) is 61.0 Å². The Morgan fingerprint density at radius 1 is 1.02 bits per heavy atom. The van der Waals surface area contributed by atoms with Gasteiger partial charge in [0.05, 0.1) is 36.7 Å². The molecule has 3 aromatic rings. The predicted molar refractivity (Wildman–Crippen MR) is 145 cm³/mol. The van der Waals surface area contributed by atoms with Crippen molar-refractivity contribution in [2.24, 2.45) is 0 Å². The summed E-state index contributed by atoms with van der Waals surface area (Å²) in [6, 6.07) is 12.9. The number of para-hydroxylation sites is 2. The number of anilines is 1. The van der Waals surface area contributed by atoms with Gasteiger partial charge in [-0.1, -0.05) is 24.3 Å². The van der Waals surface area contributed by atoms with Gasteiger partial charge in [-0.2, -0.15) is 18.3 Å². The van der Waals surface area contributed by atoms with E-state index in [0.29, 0.717) is 37.3 Å². The summed E-state index contributed by atoms with van der Waals surface area (Å²) in [6.07, 6.45) is -4.55. The second-order valence-corrected chi connectivity index (χ2v) is 10.3. The van der Waals surface area contributed by atoms with Gasteiger partial charge in [0.15, 0.2) is 0 Å². The van der Waals surface area contributed by atoms with Gasteiger partial charge in [0.25, 0.3) is 0 Å². The largest absolute Gasteiger partial charge is 0.495 e. The third kappa shape index (κ3) is 5.95. The topological polar surface area (TPSA) is 74.1 Å². The monoisotopic (exact) mass is 557 g/mol. The lowest BCUT2D eigenvalue weighted by molar-refractivity contribution is -0.137. The molecule has 1 aromatic heterocycles. The number of carbonyl (C=O) groups is 1. The maximum Gasteiger partial charge on any atom is 0.416 e. The second kappa shape index (κ2) is 11.5. The Labute approximate surface area is 231 Å². The highest BCUT2D eigenvalue weighted by atomic mass is 19.4. The van der Waals surface area contributed by atoms with Crippen LogP contribution in [0.2, 0.25) is 0 Å². The molecular weight excluding hydrogens is 523 g/mol. The fraction of sp³-hybridized carbons (Fsp3) is 0.448. The van der Waals surface area contributed by atoms with Gasteiger partial charge in [-0.3, -0.25) is 14.4 Å². The highest BCUT2D eigenvalue weighted by Gasteiger charge is 2.32. The fourth-order valence-corrected chi connectivity index (χ4v) is 5.58. The van der Waals surface area contributed by atoms with Crippen LogP contribution >= 0.6 is 0 Å². The third-order valence-corrected chi connectivity index (χ3v) is 7.72. The number of β-amino-alcohol motifs (C(OH)–C–C–N with tert-alkyl or cyclic N) is 1. The maximum atomic E-state index is 13.1. The molecule has 1 unspecified atom stereocenters. The van der Waals surface area contributed by atoms with E-state index in [1.807, 2.05) is 24.3 Å². The molecular formula is C29H34F3N5O3. The lowest BCUT2D eigenvalue weighted by atomic mass is 10.00. The summed E-state index contributed by atoms with van der Waals surface area (Å²) >= 11 is 0. The van der Waals surface area contributed by atoms with Gasteiger partial charge in [-0.25, -0.2) is 0 Å². The Hall–Kier alpha value is -3.57. The molecule has 40 heavy (non-hydrogen) atoms. The van der Waals surface area contributed by atoms with E-state index in [9.17, 15) is 23.1 Å².